The van der Waals surface area contributed by atoms with Crippen LogP contribution in [0.2, 0.25) is 0 Å². The van der Waals surface area contributed by atoms with Gasteiger partial charge in [0.2, 0.25) is 5.95 Å². The van der Waals surface area contributed by atoms with Gasteiger partial charge in [-0.1, -0.05) is 36.9 Å². The Hall–Kier alpha value is -3.80. The Kier molecular flexibility index (Phi) is 5.16. The molecular formula is C23H20FN5. The number of benzene rings is 1. The average Bonchev–Trinajstić information content (AvgIpc) is 2.84. The maximum Gasteiger partial charge on any atom is 0.223 e. The summed E-state index contributed by atoms with van der Waals surface area (Å²) in [4.78, 5) is 13.4. The van der Waals surface area contributed by atoms with Gasteiger partial charge >= 0.3 is 0 Å². The zero-order valence-corrected chi connectivity index (χ0v) is 16.0. The molecule has 4 rings (SSSR count). The summed E-state index contributed by atoms with van der Waals surface area (Å²) in [6, 6.07) is 8.37. The van der Waals surface area contributed by atoms with Gasteiger partial charge in [-0.15, -0.1) is 0 Å². The highest BCUT2D eigenvalue weighted by Crippen LogP contribution is 2.39. The average molecular weight is 385 g/mol. The number of halogens is 1. The van der Waals surface area contributed by atoms with Crippen LogP contribution in [0, 0.1) is 5.82 Å². The molecule has 0 saturated carbocycles. The Balaban J connectivity index is 1.75. The fourth-order valence-corrected chi connectivity index (χ4v) is 3.17. The predicted octanol–water partition coefficient (Wildman–Crippen LogP) is 5.19. The molecule has 0 amide bonds. The first-order valence-corrected chi connectivity index (χ1v) is 9.25. The van der Waals surface area contributed by atoms with Crippen LogP contribution in [0.5, 0.6) is 0 Å². The molecule has 3 heterocycles. The van der Waals surface area contributed by atoms with Gasteiger partial charge in [0.25, 0.3) is 0 Å². The number of nitrogens with one attached hydrogen (secondary N) is 2. The lowest BCUT2D eigenvalue weighted by atomic mass is 10.0. The summed E-state index contributed by atoms with van der Waals surface area (Å²) in [6.45, 7) is 6.55. The van der Waals surface area contributed by atoms with E-state index in [1.165, 1.54) is 12.1 Å². The van der Waals surface area contributed by atoms with Gasteiger partial charge in [-0.2, -0.15) is 0 Å². The molecule has 0 bridgehead atoms. The number of aromatic nitrogens is 3. The van der Waals surface area contributed by atoms with Crippen LogP contribution in [0.3, 0.4) is 0 Å². The van der Waals surface area contributed by atoms with Gasteiger partial charge < -0.3 is 10.6 Å². The third kappa shape index (κ3) is 3.91. The summed E-state index contributed by atoms with van der Waals surface area (Å²) in [6.07, 6.45) is 11.2. The highest BCUT2D eigenvalue weighted by molar-refractivity contribution is 5.95. The number of fused-ring (bicyclic) bond motifs is 3. The largest absolute Gasteiger partial charge is 0.354 e. The van der Waals surface area contributed by atoms with E-state index in [2.05, 4.69) is 27.2 Å². The molecule has 6 heteroatoms. The molecule has 1 aliphatic heterocycles. The normalized spacial score (nSPS) is 14.3. The second-order valence-electron chi connectivity index (χ2n) is 6.57. The molecule has 5 nitrogen and oxygen atoms in total. The molecule has 1 aromatic carbocycles. The first-order valence-electron chi connectivity index (χ1n) is 9.25. The predicted molar refractivity (Wildman–Crippen MR) is 115 cm³/mol. The Bertz CT molecular complexity index is 1130. The number of hydrogen-bond acceptors (Lipinski definition) is 5. The van der Waals surface area contributed by atoms with Crippen LogP contribution in [0.1, 0.15) is 18.2 Å². The van der Waals surface area contributed by atoms with Crippen LogP contribution in [-0.4, -0.2) is 15.0 Å². The Labute approximate surface area is 168 Å². The number of allylic oxidation sites excluding steroid dienone is 4. The SMILES string of the molecule is C=C1Nc2cnccc2-c2cnc(NCc3cccc(F)c3)nc2/C1=C/C=C\C. The van der Waals surface area contributed by atoms with Gasteiger partial charge in [-0.3, -0.25) is 4.98 Å². The monoisotopic (exact) mass is 385 g/mol. The van der Waals surface area contributed by atoms with Crippen molar-refractivity contribution in [2.24, 2.45) is 0 Å². The Morgan fingerprint density at radius 2 is 2.10 bits per heavy atom. The van der Waals surface area contributed by atoms with Crippen molar-refractivity contribution in [3.05, 3.63) is 96.5 Å². The van der Waals surface area contributed by atoms with E-state index >= 15 is 0 Å². The molecule has 0 saturated heterocycles. The first kappa shape index (κ1) is 18.6. The van der Waals surface area contributed by atoms with Crippen molar-refractivity contribution in [1.82, 2.24) is 15.0 Å². The van der Waals surface area contributed by atoms with E-state index in [9.17, 15) is 4.39 Å². The summed E-state index contributed by atoms with van der Waals surface area (Å²) >= 11 is 0. The van der Waals surface area contributed by atoms with Gasteiger partial charge in [0.05, 0.1) is 17.6 Å². The van der Waals surface area contributed by atoms with Gasteiger partial charge in [-0.25, -0.2) is 14.4 Å². The molecule has 29 heavy (non-hydrogen) atoms. The summed E-state index contributed by atoms with van der Waals surface area (Å²) < 4.78 is 13.4. The topological polar surface area (TPSA) is 62.7 Å². The van der Waals surface area contributed by atoms with Crippen molar-refractivity contribution in [2.45, 2.75) is 13.5 Å². The lowest BCUT2D eigenvalue weighted by molar-refractivity contribution is 0.626. The summed E-state index contributed by atoms with van der Waals surface area (Å²) in [5.74, 6) is 0.195. The van der Waals surface area contributed by atoms with Crippen molar-refractivity contribution in [2.75, 3.05) is 10.6 Å². The third-order valence-corrected chi connectivity index (χ3v) is 4.56. The second-order valence-corrected chi connectivity index (χ2v) is 6.57. The first-order chi connectivity index (χ1) is 14.2. The molecule has 0 atom stereocenters. The molecule has 0 spiro atoms. The summed E-state index contributed by atoms with van der Waals surface area (Å²) in [7, 11) is 0. The maximum absolute atomic E-state index is 13.4. The van der Waals surface area contributed by atoms with E-state index < -0.39 is 0 Å². The van der Waals surface area contributed by atoms with Crippen molar-refractivity contribution in [3.8, 4) is 11.1 Å². The van der Waals surface area contributed by atoms with E-state index in [0.717, 1.165) is 39.3 Å². The van der Waals surface area contributed by atoms with Crippen molar-refractivity contribution >= 4 is 17.2 Å². The molecule has 2 aromatic heterocycles. The minimum Gasteiger partial charge on any atom is -0.354 e. The van der Waals surface area contributed by atoms with Crippen LogP contribution in [0.4, 0.5) is 16.0 Å². The molecule has 0 unspecified atom stereocenters. The summed E-state index contributed by atoms with van der Waals surface area (Å²) in [5.41, 5.74) is 5.87. The van der Waals surface area contributed by atoms with Crippen LogP contribution in [0.15, 0.2) is 79.4 Å². The van der Waals surface area contributed by atoms with Crippen molar-refractivity contribution in [1.29, 1.82) is 0 Å². The number of pyridine rings is 1. The van der Waals surface area contributed by atoms with E-state index in [1.807, 2.05) is 37.3 Å². The fraction of sp³-hybridized carbons (Fsp3) is 0.0870. The number of anilines is 2. The zero-order chi connectivity index (χ0) is 20.2. The van der Waals surface area contributed by atoms with Crippen LogP contribution in [-0.2, 0) is 6.54 Å². The minimum absolute atomic E-state index is 0.267. The minimum atomic E-state index is -0.267. The van der Waals surface area contributed by atoms with E-state index in [1.54, 1.807) is 24.7 Å². The number of nitrogens with zero attached hydrogens (tertiary/aromatic N) is 3. The second kappa shape index (κ2) is 8.06. The molecule has 0 fully saturated rings. The van der Waals surface area contributed by atoms with Gasteiger partial charge in [0, 0.05) is 41.3 Å². The van der Waals surface area contributed by atoms with E-state index in [4.69, 9.17) is 4.98 Å². The van der Waals surface area contributed by atoms with E-state index in [-0.39, 0.29) is 5.82 Å². The molecule has 0 aliphatic carbocycles. The lowest BCUT2D eigenvalue weighted by Gasteiger charge is -2.12. The molecule has 1 aliphatic rings. The Morgan fingerprint density at radius 3 is 2.93 bits per heavy atom. The lowest BCUT2D eigenvalue weighted by Crippen LogP contribution is -2.06. The molecule has 2 N–H and O–H groups in total. The van der Waals surface area contributed by atoms with Crippen molar-refractivity contribution in [3.63, 3.8) is 0 Å². The Morgan fingerprint density at radius 1 is 1.21 bits per heavy atom. The molecule has 144 valence electrons. The molecular weight excluding hydrogens is 365 g/mol. The number of hydrogen-bond donors (Lipinski definition) is 2. The smallest absolute Gasteiger partial charge is 0.223 e. The molecule has 3 aromatic rings. The van der Waals surface area contributed by atoms with Crippen LogP contribution < -0.4 is 10.6 Å². The van der Waals surface area contributed by atoms with Gasteiger partial charge in [0.1, 0.15) is 5.82 Å². The van der Waals surface area contributed by atoms with Crippen LogP contribution in [0.25, 0.3) is 16.7 Å². The third-order valence-electron chi connectivity index (χ3n) is 4.56. The highest BCUT2D eigenvalue weighted by atomic mass is 19.1. The maximum atomic E-state index is 13.4. The van der Waals surface area contributed by atoms with Crippen LogP contribution >= 0.6 is 0 Å². The van der Waals surface area contributed by atoms with Gasteiger partial charge in [-0.05, 0) is 30.7 Å². The fourth-order valence-electron chi connectivity index (χ4n) is 3.17. The van der Waals surface area contributed by atoms with Gasteiger partial charge in [0.15, 0.2) is 0 Å². The standard InChI is InChI=1S/C23H20FN5/c1-3-4-8-18-15(2)28-21-14-25-10-9-19(21)20-13-27-23(29-22(18)20)26-12-16-6-5-7-17(24)11-16/h3-11,13-14,28H,2,12H2,1H3,(H,26,27,29)/b4-3-,18-8+. The van der Waals surface area contributed by atoms with Crippen molar-refractivity contribution < 1.29 is 4.39 Å². The molecule has 0 radical (unpaired) electrons. The van der Waals surface area contributed by atoms with E-state index in [0.29, 0.717) is 12.5 Å². The highest BCUT2D eigenvalue weighted by Gasteiger charge is 2.22. The summed E-state index contributed by atoms with van der Waals surface area (Å²) in [5, 5.41) is 6.50. The number of rotatable bonds is 4. The quantitative estimate of drug-likeness (QED) is 0.647. The zero-order valence-electron chi connectivity index (χ0n) is 16.0.